The Bertz CT molecular complexity index is 1110. The Hall–Kier alpha value is -3.68. The first-order valence-corrected chi connectivity index (χ1v) is 14.5. The molecule has 0 bridgehead atoms. The van der Waals surface area contributed by atoms with Crippen LogP contribution in [0, 0.1) is 0 Å². The summed E-state index contributed by atoms with van der Waals surface area (Å²) in [7, 11) is 0. The lowest BCUT2D eigenvalue weighted by Gasteiger charge is -2.48. The highest BCUT2D eigenvalue weighted by atomic mass is 16.4. The van der Waals surface area contributed by atoms with Gasteiger partial charge in [0.2, 0.25) is 11.4 Å². The van der Waals surface area contributed by atoms with Gasteiger partial charge in [-0.05, 0) is 24.0 Å². The van der Waals surface area contributed by atoms with Gasteiger partial charge in [0.25, 0.3) is 0 Å². The number of ketones is 1. The number of carboxylic acid groups (broad SMARTS) is 1. The minimum absolute atomic E-state index is 0.0252. The number of benzene rings is 2. The molecule has 0 aliphatic carbocycles. The van der Waals surface area contributed by atoms with E-state index in [1.807, 2.05) is 24.3 Å². The van der Waals surface area contributed by atoms with E-state index >= 15 is 0 Å². The summed E-state index contributed by atoms with van der Waals surface area (Å²) in [4.78, 5) is 58.9. The number of urea groups is 1. The van der Waals surface area contributed by atoms with Crippen LogP contribution in [0.3, 0.4) is 0 Å². The molecule has 3 rings (SSSR count). The largest absolute Gasteiger partial charge is 0.479 e. The van der Waals surface area contributed by atoms with Gasteiger partial charge in [-0.3, -0.25) is 9.59 Å². The topological polar surface area (TPSA) is 98.2 Å². The first-order chi connectivity index (χ1) is 19.3. The molecule has 40 heavy (non-hydrogen) atoms. The van der Waals surface area contributed by atoms with Crippen LogP contribution in [-0.4, -0.2) is 81.8 Å². The monoisotopic (exact) mass is 549 g/mol. The molecule has 0 spiro atoms. The smallest absolute Gasteiger partial charge is 0.339 e. The molecule has 3 amide bonds. The van der Waals surface area contributed by atoms with Crippen molar-refractivity contribution in [3.63, 3.8) is 0 Å². The molecule has 0 saturated carbocycles. The molecule has 8 heteroatoms. The van der Waals surface area contributed by atoms with Gasteiger partial charge < -0.3 is 19.8 Å². The molecule has 8 nitrogen and oxygen atoms in total. The Morgan fingerprint density at radius 1 is 0.775 bits per heavy atom. The van der Waals surface area contributed by atoms with E-state index in [4.69, 9.17) is 0 Å². The first-order valence-electron chi connectivity index (χ1n) is 14.5. The average molecular weight is 550 g/mol. The van der Waals surface area contributed by atoms with Crippen LogP contribution in [0.25, 0.3) is 0 Å². The molecule has 1 heterocycles. The van der Waals surface area contributed by atoms with Gasteiger partial charge in [0.05, 0.1) is 13.0 Å². The van der Waals surface area contributed by atoms with E-state index in [1.165, 1.54) is 9.80 Å². The molecule has 1 atom stereocenters. The molecule has 1 aliphatic heterocycles. The maximum absolute atomic E-state index is 13.9. The number of unbranched alkanes of at least 4 members (excludes halogenated alkanes) is 4. The number of rotatable bonds is 14. The second-order valence-corrected chi connectivity index (χ2v) is 10.6. The molecule has 2 aromatic rings. The Morgan fingerprint density at radius 3 is 1.80 bits per heavy atom. The zero-order valence-electron chi connectivity index (χ0n) is 23.9. The average Bonchev–Trinajstić information content (AvgIpc) is 2.96. The van der Waals surface area contributed by atoms with Crippen molar-refractivity contribution in [3.8, 4) is 0 Å². The molecule has 2 aromatic carbocycles. The summed E-state index contributed by atoms with van der Waals surface area (Å²) in [5.74, 6) is -2.45. The predicted octanol–water partition coefficient (Wildman–Crippen LogP) is 4.81. The number of aliphatic carboxylic acids is 1. The van der Waals surface area contributed by atoms with Gasteiger partial charge in [-0.1, -0.05) is 100 Å². The van der Waals surface area contributed by atoms with E-state index < -0.39 is 23.2 Å². The molecular formula is C32H43N3O5. The van der Waals surface area contributed by atoms with Crippen LogP contribution < -0.4 is 0 Å². The van der Waals surface area contributed by atoms with Crippen molar-refractivity contribution in [2.75, 3.05) is 32.7 Å². The van der Waals surface area contributed by atoms with Crippen LogP contribution in [0.2, 0.25) is 0 Å². The van der Waals surface area contributed by atoms with Crippen LogP contribution in [0.1, 0.15) is 63.5 Å². The fourth-order valence-electron chi connectivity index (χ4n) is 5.30. The Kier molecular flexibility index (Phi) is 11.7. The molecule has 0 radical (unpaired) electrons. The van der Waals surface area contributed by atoms with Crippen LogP contribution in [0.5, 0.6) is 0 Å². The van der Waals surface area contributed by atoms with E-state index in [0.29, 0.717) is 18.7 Å². The van der Waals surface area contributed by atoms with Gasteiger partial charge in [-0.15, -0.1) is 0 Å². The van der Waals surface area contributed by atoms with E-state index in [9.17, 15) is 24.3 Å². The summed E-state index contributed by atoms with van der Waals surface area (Å²) < 4.78 is 0. The molecular weight excluding hydrogens is 506 g/mol. The highest BCUT2D eigenvalue weighted by molar-refractivity contribution is 6.12. The van der Waals surface area contributed by atoms with E-state index in [0.717, 1.165) is 44.1 Å². The summed E-state index contributed by atoms with van der Waals surface area (Å²) in [6.45, 7) is 5.16. The third-order valence-corrected chi connectivity index (χ3v) is 7.60. The highest BCUT2D eigenvalue weighted by Gasteiger charge is 2.56. The van der Waals surface area contributed by atoms with Crippen molar-refractivity contribution in [2.24, 2.45) is 0 Å². The summed E-state index contributed by atoms with van der Waals surface area (Å²) in [6.07, 6.45) is 5.58. The van der Waals surface area contributed by atoms with Crippen molar-refractivity contribution in [1.29, 1.82) is 0 Å². The van der Waals surface area contributed by atoms with Crippen molar-refractivity contribution in [2.45, 2.75) is 70.8 Å². The number of hydrogen-bond acceptors (Lipinski definition) is 4. The molecule has 1 aliphatic rings. The number of carbonyl (C=O) groups is 4. The van der Waals surface area contributed by atoms with E-state index in [-0.39, 0.29) is 38.5 Å². The molecule has 216 valence electrons. The predicted molar refractivity (Wildman–Crippen MR) is 155 cm³/mol. The summed E-state index contributed by atoms with van der Waals surface area (Å²) in [5.41, 5.74) is -0.777. The molecule has 1 fully saturated rings. The second-order valence-electron chi connectivity index (χ2n) is 10.6. The van der Waals surface area contributed by atoms with E-state index in [2.05, 4.69) is 13.8 Å². The Labute approximate surface area is 238 Å². The van der Waals surface area contributed by atoms with Gasteiger partial charge in [-0.2, -0.15) is 0 Å². The number of nitrogens with zero attached hydrogens (tertiary/aromatic N) is 3. The Morgan fingerprint density at radius 2 is 1.30 bits per heavy atom. The molecule has 1 saturated heterocycles. The van der Waals surface area contributed by atoms with Crippen LogP contribution in [-0.2, 0) is 27.2 Å². The van der Waals surface area contributed by atoms with Crippen LogP contribution in [0.4, 0.5) is 4.79 Å². The first kappa shape index (κ1) is 30.9. The third kappa shape index (κ3) is 7.71. The van der Waals surface area contributed by atoms with Crippen molar-refractivity contribution < 1.29 is 24.3 Å². The lowest BCUT2D eigenvalue weighted by Crippen LogP contribution is -2.73. The number of hydrogen-bond donors (Lipinski definition) is 1. The fourth-order valence-corrected chi connectivity index (χ4v) is 5.30. The zero-order valence-corrected chi connectivity index (χ0v) is 23.9. The lowest BCUT2D eigenvalue weighted by molar-refractivity contribution is -0.168. The second kappa shape index (κ2) is 15.2. The van der Waals surface area contributed by atoms with Crippen molar-refractivity contribution >= 4 is 23.7 Å². The Balaban J connectivity index is 1.93. The highest BCUT2D eigenvalue weighted by Crippen LogP contribution is 2.28. The standard InChI is InChI=1S/C32H43N3O5/c1-3-5-13-19-33(20-14-6-4-2)31(40)34-21-22-35(29(37)24-27-17-11-8-12-18-27)32(25-34,30(38)39)28(36)23-26-15-9-7-10-16-26/h7-12,15-18H,3-6,13-14,19-25H2,1-2H3,(H,38,39). The van der Waals surface area contributed by atoms with E-state index in [1.54, 1.807) is 41.3 Å². The summed E-state index contributed by atoms with van der Waals surface area (Å²) in [5, 5.41) is 10.6. The van der Waals surface area contributed by atoms with Crippen LogP contribution >= 0.6 is 0 Å². The number of Topliss-reactive ketones (excluding diaryl/α,β-unsaturated/α-hetero) is 1. The number of amides is 3. The minimum Gasteiger partial charge on any atom is -0.479 e. The van der Waals surface area contributed by atoms with Gasteiger partial charge >= 0.3 is 12.0 Å². The van der Waals surface area contributed by atoms with Gasteiger partial charge in [-0.25, -0.2) is 9.59 Å². The molecule has 0 aromatic heterocycles. The number of carboxylic acids is 1. The summed E-state index contributed by atoms with van der Waals surface area (Å²) in [6, 6.07) is 17.7. The zero-order chi connectivity index (χ0) is 29.0. The fraction of sp³-hybridized carbons (Fsp3) is 0.500. The minimum atomic E-state index is -2.17. The number of carbonyl (C=O) groups excluding carboxylic acids is 3. The molecule has 1 unspecified atom stereocenters. The normalized spacial score (nSPS) is 16.9. The quantitative estimate of drug-likeness (QED) is 0.269. The lowest BCUT2D eigenvalue weighted by atomic mass is 9.84. The number of piperazine rings is 1. The third-order valence-electron chi connectivity index (χ3n) is 7.60. The van der Waals surface area contributed by atoms with Gasteiger partial charge in [0.1, 0.15) is 0 Å². The van der Waals surface area contributed by atoms with Gasteiger partial charge in [0, 0.05) is 32.6 Å². The summed E-state index contributed by atoms with van der Waals surface area (Å²) >= 11 is 0. The van der Waals surface area contributed by atoms with Gasteiger partial charge in [0.15, 0.2) is 5.78 Å². The SMILES string of the molecule is CCCCCN(CCCCC)C(=O)N1CCN(C(=O)Cc2ccccc2)C(C(=O)O)(C(=O)Cc2ccccc2)C1. The van der Waals surface area contributed by atoms with Crippen molar-refractivity contribution in [1.82, 2.24) is 14.7 Å². The maximum Gasteiger partial charge on any atom is 0.339 e. The van der Waals surface area contributed by atoms with Crippen LogP contribution in [0.15, 0.2) is 60.7 Å². The van der Waals surface area contributed by atoms with Crippen molar-refractivity contribution in [3.05, 3.63) is 71.8 Å². The maximum atomic E-state index is 13.9. The molecule has 1 N–H and O–H groups in total.